The number of fused-ring (bicyclic) bond motifs is 1. The van der Waals surface area contributed by atoms with Gasteiger partial charge in [-0.05, 0) is 50.2 Å². The van der Waals surface area contributed by atoms with E-state index in [1.807, 2.05) is 49.3 Å². The molecule has 0 fully saturated rings. The molecule has 0 atom stereocenters. The molecule has 0 saturated heterocycles. The number of hydrogen-bond acceptors (Lipinski definition) is 5. The van der Waals surface area contributed by atoms with Crippen LogP contribution in [0.5, 0.6) is 5.75 Å². The topological polar surface area (TPSA) is 57.7 Å². The highest BCUT2D eigenvalue weighted by Gasteiger charge is 2.25. The Labute approximate surface area is 167 Å². The van der Waals surface area contributed by atoms with Crippen LogP contribution in [0.25, 0.3) is 0 Å². The van der Waals surface area contributed by atoms with Crippen LogP contribution in [0.1, 0.15) is 35.0 Å². The second-order valence-electron chi connectivity index (χ2n) is 7.14. The van der Waals surface area contributed by atoms with E-state index in [9.17, 15) is 4.79 Å². The van der Waals surface area contributed by atoms with Crippen molar-refractivity contribution in [3.63, 3.8) is 0 Å². The van der Waals surface area contributed by atoms with E-state index in [4.69, 9.17) is 4.74 Å². The Morgan fingerprint density at radius 2 is 2.00 bits per heavy atom. The zero-order chi connectivity index (χ0) is 19.9. The number of hydrogen-bond donors (Lipinski definition) is 1. The van der Waals surface area contributed by atoms with Gasteiger partial charge in [-0.25, -0.2) is 0 Å². The first kappa shape index (κ1) is 20.1. The maximum absolute atomic E-state index is 13.1. The number of anilines is 1. The molecule has 1 aromatic carbocycles. The number of aromatic nitrogens is 1. The molecule has 2 aromatic rings. The fourth-order valence-corrected chi connectivity index (χ4v) is 3.32. The van der Waals surface area contributed by atoms with E-state index in [-0.39, 0.29) is 5.91 Å². The summed E-state index contributed by atoms with van der Waals surface area (Å²) in [4.78, 5) is 21.6. The Hall–Kier alpha value is -2.60. The Kier molecular flexibility index (Phi) is 6.87. The van der Waals surface area contributed by atoms with Gasteiger partial charge in [-0.1, -0.05) is 19.1 Å². The first-order chi connectivity index (χ1) is 13.6. The van der Waals surface area contributed by atoms with Gasteiger partial charge in [0.15, 0.2) is 0 Å². The number of rotatable bonds is 8. The van der Waals surface area contributed by atoms with Gasteiger partial charge >= 0.3 is 0 Å². The van der Waals surface area contributed by atoms with E-state index < -0.39 is 0 Å². The standard InChI is InChI=1S/C22H30N4O2/c1-4-18-14-21-20(15-24-18)22(27)26(12-11-25(21)3)16-17-6-8-19(9-7-17)28-13-5-10-23-2/h6-9,14-15,23H,4-5,10-13,16H2,1-3H3. The maximum Gasteiger partial charge on any atom is 0.257 e. The molecule has 0 spiro atoms. The third-order valence-corrected chi connectivity index (χ3v) is 5.07. The quantitative estimate of drug-likeness (QED) is 0.712. The normalized spacial score (nSPS) is 14.0. The molecule has 0 saturated carbocycles. The van der Waals surface area contributed by atoms with Crippen LogP contribution < -0.4 is 15.0 Å². The fourth-order valence-electron chi connectivity index (χ4n) is 3.32. The summed E-state index contributed by atoms with van der Waals surface area (Å²) in [5, 5.41) is 3.11. The molecule has 0 aliphatic carbocycles. The lowest BCUT2D eigenvalue weighted by atomic mass is 10.1. The first-order valence-corrected chi connectivity index (χ1v) is 9.98. The van der Waals surface area contributed by atoms with E-state index >= 15 is 0 Å². The minimum absolute atomic E-state index is 0.0434. The fraction of sp³-hybridized carbons (Fsp3) is 0.455. The molecule has 0 unspecified atom stereocenters. The second kappa shape index (κ2) is 9.55. The van der Waals surface area contributed by atoms with Crippen LogP contribution in [0, 0.1) is 0 Å². The van der Waals surface area contributed by atoms with Crippen molar-refractivity contribution in [3.05, 3.63) is 53.3 Å². The van der Waals surface area contributed by atoms with Crippen LogP contribution in [0.2, 0.25) is 0 Å². The van der Waals surface area contributed by atoms with Crippen molar-refractivity contribution < 1.29 is 9.53 Å². The zero-order valence-corrected chi connectivity index (χ0v) is 17.1. The van der Waals surface area contributed by atoms with Crippen molar-refractivity contribution in [1.29, 1.82) is 0 Å². The molecule has 1 aliphatic heterocycles. The summed E-state index contributed by atoms with van der Waals surface area (Å²) in [6, 6.07) is 10.1. The van der Waals surface area contributed by atoms with Gasteiger partial charge in [-0.15, -0.1) is 0 Å². The first-order valence-electron chi connectivity index (χ1n) is 9.98. The summed E-state index contributed by atoms with van der Waals surface area (Å²) < 4.78 is 5.74. The van der Waals surface area contributed by atoms with Crippen LogP contribution in [0.3, 0.4) is 0 Å². The average Bonchev–Trinajstić information content (AvgIpc) is 2.84. The highest BCUT2D eigenvalue weighted by molar-refractivity contribution is 6.00. The minimum Gasteiger partial charge on any atom is -0.494 e. The number of ether oxygens (including phenoxy) is 1. The molecule has 28 heavy (non-hydrogen) atoms. The van der Waals surface area contributed by atoms with Crippen LogP contribution >= 0.6 is 0 Å². The van der Waals surface area contributed by atoms with Crippen molar-refractivity contribution in [3.8, 4) is 5.75 Å². The largest absolute Gasteiger partial charge is 0.494 e. The molecule has 0 radical (unpaired) electrons. The van der Waals surface area contributed by atoms with Gasteiger partial charge in [0.25, 0.3) is 5.91 Å². The van der Waals surface area contributed by atoms with Gasteiger partial charge in [-0.3, -0.25) is 9.78 Å². The number of likely N-dealkylation sites (N-methyl/N-ethyl adjacent to an activating group) is 1. The lowest BCUT2D eigenvalue weighted by Gasteiger charge is -2.21. The molecule has 3 rings (SSSR count). The van der Waals surface area contributed by atoms with Gasteiger partial charge in [-0.2, -0.15) is 0 Å². The Bertz CT molecular complexity index is 792. The van der Waals surface area contributed by atoms with E-state index in [1.54, 1.807) is 6.20 Å². The predicted molar refractivity (Wildman–Crippen MR) is 112 cm³/mol. The average molecular weight is 383 g/mol. The lowest BCUT2D eigenvalue weighted by Crippen LogP contribution is -2.33. The van der Waals surface area contributed by atoms with Crippen molar-refractivity contribution in [2.24, 2.45) is 0 Å². The Morgan fingerprint density at radius 1 is 1.21 bits per heavy atom. The summed E-state index contributed by atoms with van der Waals surface area (Å²) in [5.41, 5.74) is 3.77. The summed E-state index contributed by atoms with van der Waals surface area (Å²) in [5.74, 6) is 0.908. The van der Waals surface area contributed by atoms with E-state index in [0.717, 1.165) is 48.6 Å². The molecule has 150 valence electrons. The third kappa shape index (κ3) is 4.81. The zero-order valence-electron chi connectivity index (χ0n) is 17.1. The van der Waals surface area contributed by atoms with E-state index in [0.29, 0.717) is 25.3 Å². The maximum atomic E-state index is 13.1. The van der Waals surface area contributed by atoms with Gasteiger partial charge < -0.3 is 19.9 Å². The predicted octanol–water partition coefficient (Wildman–Crippen LogP) is 2.72. The molecular formula is C22H30N4O2. The highest BCUT2D eigenvalue weighted by Crippen LogP contribution is 2.25. The number of carbonyl (C=O) groups is 1. The molecule has 0 bridgehead atoms. The Morgan fingerprint density at radius 3 is 2.71 bits per heavy atom. The van der Waals surface area contributed by atoms with Gasteiger partial charge in [0.2, 0.25) is 0 Å². The van der Waals surface area contributed by atoms with Crippen molar-refractivity contribution in [2.75, 3.05) is 45.2 Å². The number of aryl methyl sites for hydroxylation is 1. The number of nitrogens with zero attached hydrogens (tertiary/aromatic N) is 3. The van der Waals surface area contributed by atoms with Crippen molar-refractivity contribution in [1.82, 2.24) is 15.2 Å². The molecule has 6 heteroatoms. The summed E-state index contributed by atoms with van der Waals surface area (Å²) in [7, 11) is 3.98. The van der Waals surface area contributed by atoms with Gasteiger partial charge in [0.1, 0.15) is 5.75 Å². The number of pyridine rings is 1. The molecular weight excluding hydrogens is 352 g/mol. The van der Waals surface area contributed by atoms with Crippen LogP contribution in [-0.2, 0) is 13.0 Å². The number of amides is 1. The molecule has 1 aliphatic rings. The molecule has 1 amide bonds. The van der Waals surface area contributed by atoms with Gasteiger partial charge in [0, 0.05) is 38.6 Å². The lowest BCUT2D eigenvalue weighted by molar-refractivity contribution is 0.0754. The minimum atomic E-state index is 0.0434. The SMILES string of the molecule is CCc1cc2c(cn1)C(=O)N(Cc1ccc(OCCCNC)cc1)CCN2C. The Balaban J connectivity index is 1.67. The summed E-state index contributed by atoms with van der Waals surface area (Å²) >= 11 is 0. The smallest absolute Gasteiger partial charge is 0.257 e. The molecule has 2 heterocycles. The van der Waals surface area contributed by atoms with Crippen LogP contribution in [0.4, 0.5) is 5.69 Å². The van der Waals surface area contributed by atoms with Gasteiger partial charge in [0.05, 0.1) is 17.9 Å². The van der Waals surface area contributed by atoms with E-state index in [2.05, 4.69) is 22.1 Å². The van der Waals surface area contributed by atoms with Crippen LogP contribution in [0.15, 0.2) is 36.5 Å². The van der Waals surface area contributed by atoms with E-state index in [1.165, 1.54) is 0 Å². The molecule has 6 nitrogen and oxygen atoms in total. The van der Waals surface area contributed by atoms with Crippen LogP contribution in [-0.4, -0.2) is 56.1 Å². The van der Waals surface area contributed by atoms with Crippen molar-refractivity contribution >= 4 is 11.6 Å². The summed E-state index contributed by atoms with van der Waals surface area (Å²) in [6.45, 7) is 5.79. The van der Waals surface area contributed by atoms with Crippen molar-refractivity contribution in [2.45, 2.75) is 26.3 Å². The number of nitrogens with one attached hydrogen (secondary N) is 1. The molecule has 1 N–H and O–H groups in total. The number of carbonyl (C=O) groups excluding carboxylic acids is 1. The second-order valence-corrected chi connectivity index (χ2v) is 7.14. The summed E-state index contributed by atoms with van der Waals surface area (Å²) in [6.07, 6.45) is 3.57. The monoisotopic (exact) mass is 382 g/mol. The third-order valence-electron chi connectivity index (χ3n) is 5.07. The number of benzene rings is 1. The highest BCUT2D eigenvalue weighted by atomic mass is 16.5. The molecule has 1 aromatic heterocycles.